The molecule has 26 heavy (non-hydrogen) atoms. The Morgan fingerprint density at radius 2 is 1.96 bits per heavy atom. The molecule has 0 saturated heterocycles. The molecule has 1 N–H and O–H groups in total. The van der Waals surface area contributed by atoms with Gasteiger partial charge in [-0.25, -0.2) is 0 Å². The number of hydrogen-bond donors (Lipinski definition) is 1. The Kier molecular flexibility index (Phi) is 6.82. The lowest BCUT2D eigenvalue weighted by Gasteiger charge is -2.09. The van der Waals surface area contributed by atoms with Gasteiger partial charge in [-0.3, -0.25) is 4.79 Å². The molecular formula is C21H21ClN2O2. The number of halogens is 1. The zero-order chi connectivity index (χ0) is 19.1. The summed E-state index contributed by atoms with van der Waals surface area (Å²) in [6.45, 7) is 6.61. The smallest absolute Gasteiger partial charge is 0.266 e. The molecule has 2 aromatic carbocycles. The van der Waals surface area contributed by atoms with Gasteiger partial charge in [0, 0.05) is 10.7 Å². The predicted octanol–water partition coefficient (Wildman–Crippen LogP) is 5.23. The van der Waals surface area contributed by atoms with E-state index in [9.17, 15) is 10.1 Å². The number of benzene rings is 2. The molecule has 0 aliphatic heterocycles. The van der Waals surface area contributed by atoms with Gasteiger partial charge < -0.3 is 10.1 Å². The van der Waals surface area contributed by atoms with E-state index in [1.54, 1.807) is 24.3 Å². The van der Waals surface area contributed by atoms with Crippen LogP contribution in [-0.4, -0.2) is 12.5 Å². The summed E-state index contributed by atoms with van der Waals surface area (Å²) in [5, 5.41) is 12.6. The van der Waals surface area contributed by atoms with Crippen LogP contribution < -0.4 is 10.1 Å². The molecule has 0 fully saturated rings. The molecule has 0 spiro atoms. The third kappa shape index (κ3) is 5.37. The first-order chi connectivity index (χ1) is 12.4. The van der Waals surface area contributed by atoms with Gasteiger partial charge in [0.05, 0.1) is 6.61 Å². The van der Waals surface area contributed by atoms with Gasteiger partial charge >= 0.3 is 0 Å². The number of amides is 1. The van der Waals surface area contributed by atoms with Crippen LogP contribution in [0.4, 0.5) is 5.69 Å². The second-order valence-electron chi connectivity index (χ2n) is 6.31. The van der Waals surface area contributed by atoms with Crippen molar-refractivity contribution in [3.05, 3.63) is 64.2 Å². The molecule has 0 radical (unpaired) electrons. The van der Waals surface area contributed by atoms with Crippen LogP contribution in [0.15, 0.2) is 48.0 Å². The van der Waals surface area contributed by atoms with Crippen LogP contribution in [0, 0.1) is 24.2 Å². The quantitative estimate of drug-likeness (QED) is 0.561. The summed E-state index contributed by atoms with van der Waals surface area (Å²) < 4.78 is 5.63. The van der Waals surface area contributed by atoms with E-state index >= 15 is 0 Å². The van der Waals surface area contributed by atoms with E-state index in [-0.39, 0.29) is 5.57 Å². The minimum atomic E-state index is -0.474. The lowest BCUT2D eigenvalue weighted by molar-refractivity contribution is -0.112. The molecule has 0 bridgehead atoms. The van der Waals surface area contributed by atoms with Gasteiger partial charge in [0.1, 0.15) is 17.4 Å². The maximum atomic E-state index is 12.4. The first kappa shape index (κ1) is 19.6. The van der Waals surface area contributed by atoms with E-state index in [0.29, 0.717) is 23.2 Å². The number of hydrogen-bond acceptors (Lipinski definition) is 3. The fourth-order valence-electron chi connectivity index (χ4n) is 2.17. The topological polar surface area (TPSA) is 62.1 Å². The van der Waals surface area contributed by atoms with Crippen LogP contribution >= 0.6 is 11.6 Å². The maximum absolute atomic E-state index is 12.4. The van der Waals surface area contributed by atoms with Crippen molar-refractivity contribution in [3.63, 3.8) is 0 Å². The van der Waals surface area contributed by atoms with Gasteiger partial charge in [-0.05, 0) is 54.3 Å². The summed E-state index contributed by atoms with van der Waals surface area (Å²) in [7, 11) is 0. The van der Waals surface area contributed by atoms with Crippen molar-refractivity contribution in [3.8, 4) is 11.8 Å². The number of nitriles is 1. The normalized spacial score (nSPS) is 11.2. The largest absolute Gasteiger partial charge is 0.493 e. The van der Waals surface area contributed by atoms with Gasteiger partial charge in [0.2, 0.25) is 0 Å². The second-order valence-corrected chi connectivity index (χ2v) is 6.72. The number of carbonyl (C=O) groups excluding carboxylic acids is 1. The molecule has 0 atom stereocenters. The standard InChI is InChI=1S/C21H21ClN2O2/c1-14(2)13-26-18-9-7-16(8-10-18)11-17(12-23)21(25)24-20-6-4-5-19(22)15(20)3/h4-11,14H,13H2,1-3H3,(H,24,25)/b17-11+. The molecule has 0 aliphatic rings. The molecular weight excluding hydrogens is 348 g/mol. The first-order valence-electron chi connectivity index (χ1n) is 8.32. The number of carbonyl (C=O) groups is 1. The lowest BCUT2D eigenvalue weighted by Crippen LogP contribution is -2.14. The van der Waals surface area contributed by atoms with E-state index in [4.69, 9.17) is 16.3 Å². The lowest BCUT2D eigenvalue weighted by atomic mass is 10.1. The van der Waals surface area contributed by atoms with Crippen molar-refractivity contribution in [1.82, 2.24) is 0 Å². The molecule has 0 aromatic heterocycles. The minimum absolute atomic E-state index is 0.0141. The van der Waals surface area contributed by atoms with Crippen molar-refractivity contribution in [2.75, 3.05) is 11.9 Å². The van der Waals surface area contributed by atoms with Gasteiger partial charge in [-0.2, -0.15) is 5.26 Å². The molecule has 4 nitrogen and oxygen atoms in total. The molecule has 0 aliphatic carbocycles. The second kappa shape index (κ2) is 9.07. The molecule has 0 unspecified atom stereocenters. The van der Waals surface area contributed by atoms with Gasteiger partial charge in [-0.1, -0.05) is 43.6 Å². The van der Waals surface area contributed by atoms with Crippen LogP contribution in [0.1, 0.15) is 25.0 Å². The monoisotopic (exact) mass is 368 g/mol. The highest BCUT2D eigenvalue weighted by molar-refractivity contribution is 6.31. The van der Waals surface area contributed by atoms with Crippen molar-refractivity contribution in [2.24, 2.45) is 5.92 Å². The van der Waals surface area contributed by atoms with E-state index in [1.165, 1.54) is 0 Å². The summed E-state index contributed by atoms with van der Waals surface area (Å²) >= 11 is 6.06. The highest BCUT2D eigenvalue weighted by atomic mass is 35.5. The highest BCUT2D eigenvalue weighted by Gasteiger charge is 2.12. The van der Waals surface area contributed by atoms with Gasteiger partial charge in [0.15, 0.2) is 0 Å². The maximum Gasteiger partial charge on any atom is 0.266 e. The Balaban J connectivity index is 2.13. The molecule has 2 rings (SSSR count). The fraction of sp³-hybridized carbons (Fsp3) is 0.238. The van der Waals surface area contributed by atoms with Crippen LogP contribution in [0.25, 0.3) is 6.08 Å². The average Bonchev–Trinajstić information content (AvgIpc) is 2.62. The zero-order valence-electron chi connectivity index (χ0n) is 15.0. The van der Waals surface area contributed by atoms with Crippen molar-refractivity contribution in [1.29, 1.82) is 5.26 Å². The van der Waals surface area contributed by atoms with Crippen LogP contribution in [-0.2, 0) is 4.79 Å². The number of anilines is 1. The highest BCUT2D eigenvalue weighted by Crippen LogP contribution is 2.23. The molecule has 1 amide bonds. The molecule has 134 valence electrons. The third-order valence-corrected chi connectivity index (χ3v) is 4.06. The van der Waals surface area contributed by atoms with E-state index < -0.39 is 5.91 Å². The Hall–Kier alpha value is -2.77. The van der Waals surface area contributed by atoms with Gasteiger partial charge in [0.25, 0.3) is 5.91 Å². The van der Waals surface area contributed by atoms with Crippen LogP contribution in [0.3, 0.4) is 0 Å². The first-order valence-corrected chi connectivity index (χ1v) is 8.69. The number of nitrogens with zero attached hydrogens (tertiary/aromatic N) is 1. The third-order valence-electron chi connectivity index (χ3n) is 3.66. The molecule has 0 heterocycles. The summed E-state index contributed by atoms with van der Waals surface area (Å²) in [5.74, 6) is 0.727. The van der Waals surface area contributed by atoms with Crippen LogP contribution in [0.5, 0.6) is 5.75 Å². The van der Waals surface area contributed by atoms with Crippen LogP contribution in [0.2, 0.25) is 5.02 Å². The van der Waals surface area contributed by atoms with Gasteiger partial charge in [-0.15, -0.1) is 0 Å². The fourth-order valence-corrected chi connectivity index (χ4v) is 2.35. The van der Waals surface area contributed by atoms with E-state index in [2.05, 4.69) is 19.2 Å². The summed E-state index contributed by atoms with van der Waals surface area (Å²) in [6.07, 6.45) is 1.54. The summed E-state index contributed by atoms with van der Waals surface area (Å²) in [5.41, 5.74) is 2.10. The van der Waals surface area contributed by atoms with E-state index in [1.807, 2.05) is 37.3 Å². The number of rotatable bonds is 6. The van der Waals surface area contributed by atoms with Crippen molar-refractivity contribution in [2.45, 2.75) is 20.8 Å². The Bertz CT molecular complexity index is 849. The van der Waals surface area contributed by atoms with Crippen molar-refractivity contribution < 1.29 is 9.53 Å². The SMILES string of the molecule is Cc1c(Cl)cccc1NC(=O)/C(C#N)=C/c1ccc(OCC(C)C)cc1. The number of nitrogens with one attached hydrogen (secondary N) is 1. The summed E-state index contributed by atoms with van der Waals surface area (Å²) in [4.78, 5) is 12.4. The Morgan fingerprint density at radius 1 is 1.27 bits per heavy atom. The average molecular weight is 369 g/mol. The Labute approximate surface area is 159 Å². The molecule has 5 heteroatoms. The zero-order valence-corrected chi connectivity index (χ0v) is 15.8. The Morgan fingerprint density at radius 3 is 2.58 bits per heavy atom. The minimum Gasteiger partial charge on any atom is -0.493 e. The molecule has 2 aromatic rings. The number of ether oxygens (including phenoxy) is 1. The van der Waals surface area contributed by atoms with Crippen molar-refractivity contribution >= 4 is 29.3 Å². The van der Waals surface area contributed by atoms with E-state index in [0.717, 1.165) is 16.9 Å². The predicted molar refractivity (Wildman–Crippen MR) is 105 cm³/mol. The molecule has 0 saturated carbocycles. The summed E-state index contributed by atoms with van der Waals surface area (Å²) in [6, 6.07) is 14.4.